The third-order valence-electron chi connectivity index (χ3n) is 8.35. The van der Waals surface area contributed by atoms with Crippen molar-refractivity contribution >= 4 is 29.7 Å². The van der Waals surface area contributed by atoms with E-state index in [0.29, 0.717) is 25.7 Å². The smallest absolute Gasteiger partial charge is 0.408 e. The maximum absolute atomic E-state index is 13.6. The molecule has 6 atom stereocenters. The summed E-state index contributed by atoms with van der Waals surface area (Å²) in [5.74, 6) is -2.08. The maximum Gasteiger partial charge on any atom is 0.408 e. The molecule has 0 aromatic rings. The molecular formula is C33H60N4O7. The van der Waals surface area contributed by atoms with Gasteiger partial charge in [-0.25, -0.2) is 4.79 Å². The summed E-state index contributed by atoms with van der Waals surface area (Å²) in [4.78, 5) is 64.7. The van der Waals surface area contributed by atoms with E-state index in [1.54, 1.807) is 20.8 Å². The van der Waals surface area contributed by atoms with E-state index in [4.69, 9.17) is 4.74 Å². The lowest BCUT2D eigenvalue weighted by Crippen LogP contribution is -2.59. The first-order chi connectivity index (χ1) is 20.5. The van der Waals surface area contributed by atoms with Crippen LogP contribution < -0.4 is 21.3 Å². The number of hydrogen-bond acceptors (Lipinski definition) is 7. The van der Waals surface area contributed by atoms with Crippen molar-refractivity contribution in [3.63, 3.8) is 0 Å². The van der Waals surface area contributed by atoms with Gasteiger partial charge in [-0.15, -0.1) is 0 Å². The molecule has 44 heavy (non-hydrogen) atoms. The molecule has 0 spiro atoms. The van der Waals surface area contributed by atoms with E-state index in [1.165, 1.54) is 6.42 Å². The van der Waals surface area contributed by atoms with Gasteiger partial charge in [0.2, 0.25) is 23.6 Å². The van der Waals surface area contributed by atoms with E-state index in [-0.39, 0.29) is 36.0 Å². The predicted octanol–water partition coefficient (Wildman–Crippen LogP) is 4.35. The summed E-state index contributed by atoms with van der Waals surface area (Å²) >= 11 is 0. The van der Waals surface area contributed by atoms with Crippen LogP contribution in [0.2, 0.25) is 0 Å². The first kappa shape index (κ1) is 39.3. The molecule has 0 radical (unpaired) electrons. The molecule has 254 valence electrons. The number of rotatable bonds is 16. The van der Waals surface area contributed by atoms with Crippen LogP contribution in [-0.2, 0) is 23.9 Å². The Kier molecular flexibility index (Phi) is 17.0. The molecule has 11 heteroatoms. The van der Waals surface area contributed by atoms with Crippen LogP contribution in [-0.4, -0.2) is 64.7 Å². The van der Waals surface area contributed by atoms with Gasteiger partial charge in [0.05, 0.1) is 18.6 Å². The van der Waals surface area contributed by atoms with Crippen molar-refractivity contribution in [2.45, 2.75) is 156 Å². The van der Waals surface area contributed by atoms with Crippen LogP contribution in [0.1, 0.15) is 127 Å². The van der Waals surface area contributed by atoms with Gasteiger partial charge in [0.25, 0.3) is 0 Å². The third-order valence-corrected chi connectivity index (χ3v) is 8.35. The molecule has 5 N–H and O–H groups in total. The highest BCUT2D eigenvalue weighted by atomic mass is 16.6. The van der Waals surface area contributed by atoms with E-state index in [0.717, 1.165) is 25.7 Å². The Morgan fingerprint density at radius 2 is 1.32 bits per heavy atom. The lowest BCUT2D eigenvalue weighted by Gasteiger charge is -2.32. The standard InChI is InChI=1S/C33H60N4O7/c1-10-21(5)28(36-31(42)29(22(6)11-2)37-32(43)44-33(7,8)9)30(41)34-24(17-20(3)4)25(38)19-27(40)35-26(39)18-23-15-13-12-14-16-23/h20-25,28-29,38H,10-19H2,1-9H3,(H,34,41)(H,36,42)(H,37,43)(H,35,39,40)/t21-,22-,24-,25-,28-,29-/m0/s1. The van der Waals surface area contributed by atoms with Crippen LogP contribution in [0.3, 0.4) is 0 Å². The highest BCUT2D eigenvalue weighted by molar-refractivity contribution is 5.95. The highest BCUT2D eigenvalue weighted by Gasteiger charge is 2.35. The molecule has 11 nitrogen and oxygen atoms in total. The van der Waals surface area contributed by atoms with Crippen molar-refractivity contribution in [1.82, 2.24) is 21.3 Å². The van der Waals surface area contributed by atoms with Crippen LogP contribution in [0.25, 0.3) is 0 Å². The summed E-state index contributed by atoms with van der Waals surface area (Å²) in [7, 11) is 0. The van der Waals surface area contributed by atoms with Crippen molar-refractivity contribution < 1.29 is 33.8 Å². The molecule has 0 saturated heterocycles. The molecule has 5 amide bonds. The fourth-order valence-corrected chi connectivity index (χ4v) is 5.42. The Balaban J connectivity index is 2.98. The van der Waals surface area contributed by atoms with Crippen molar-refractivity contribution in [3.8, 4) is 0 Å². The molecule has 0 aromatic carbocycles. The molecule has 1 aliphatic rings. The summed E-state index contributed by atoms with van der Waals surface area (Å²) in [6, 6.07) is -2.66. The fraction of sp³-hybridized carbons (Fsp3) is 0.848. The highest BCUT2D eigenvalue weighted by Crippen LogP contribution is 2.26. The predicted molar refractivity (Wildman–Crippen MR) is 170 cm³/mol. The Labute approximate surface area is 264 Å². The Bertz CT molecular complexity index is 943. The number of aliphatic hydroxyl groups excluding tert-OH is 1. The van der Waals surface area contributed by atoms with Gasteiger partial charge in [-0.05, 0) is 63.7 Å². The number of hydrogen-bond donors (Lipinski definition) is 5. The number of amides is 5. The number of carbonyl (C=O) groups excluding carboxylic acids is 5. The van der Waals surface area contributed by atoms with Crippen LogP contribution in [0.15, 0.2) is 0 Å². The van der Waals surface area contributed by atoms with Gasteiger partial charge in [-0.2, -0.15) is 0 Å². The molecule has 1 rings (SSSR count). The number of nitrogens with one attached hydrogen (secondary N) is 4. The fourth-order valence-electron chi connectivity index (χ4n) is 5.42. The average Bonchev–Trinajstić information content (AvgIpc) is 2.92. The zero-order chi connectivity index (χ0) is 33.6. The molecule has 1 saturated carbocycles. The van der Waals surface area contributed by atoms with Crippen LogP contribution in [0.5, 0.6) is 0 Å². The summed E-state index contributed by atoms with van der Waals surface area (Å²) in [5, 5.41) is 21.8. The second-order valence-electron chi connectivity index (χ2n) is 14.1. The summed E-state index contributed by atoms with van der Waals surface area (Å²) in [6.45, 7) is 16.5. The van der Waals surface area contributed by atoms with Crippen molar-refractivity contribution in [2.75, 3.05) is 0 Å². The van der Waals surface area contributed by atoms with Crippen molar-refractivity contribution in [2.24, 2.45) is 23.7 Å². The average molecular weight is 625 g/mol. The van der Waals surface area contributed by atoms with Gasteiger partial charge >= 0.3 is 6.09 Å². The molecule has 0 aliphatic heterocycles. The van der Waals surface area contributed by atoms with Crippen molar-refractivity contribution in [3.05, 3.63) is 0 Å². The van der Waals surface area contributed by atoms with E-state index in [9.17, 15) is 29.1 Å². The van der Waals surface area contributed by atoms with Gasteiger partial charge in [-0.3, -0.25) is 24.5 Å². The zero-order valence-corrected chi connectivity index (χ0v) is 28.6. The Morgan fingerprint density at radius 1 is 0.795 bits per heavy atom. The zero-order valence-electron chi connectivity index (χ0n) is 28.6. The second kappa shape index (κ2) is 19.0. The first-order valence-corrected chi connectivity index (χ1v) is 16.6. The van der Waals surface area contributed by atoms with E-state index in [2.05, 4.69) is 21.3 Å². The number of ether oxygens (including phenoxy) is 1. The van der Waals surface area contributed by atoms with Gasteiger partial charge in [-0.1, -0.05) is 73.6 Å². The largest absolute Gasteiger partial charge is 0.444 e. The first-order valence-electron chi connectivity index (χ1n) is 16.6. The Hall–Kier alpha value is -2.69. The van der Waals surface area contributed by atoms with Gasteiger partial charge in [0.1, 0.15) is 17.7 Å². The van der Waals surface area contributed by atoms with E-state index < -0.39 is 53.6 Å². The van der Waals surface area contributed by atoms with Crippen LogP contribution in [0.4, 0.5) is 4.79 Å². The monoisotopic (exact) mass is 624 g/mol. The number of imide groups is 1. The topological polar surface area (TPSA) is 163 Å². The minimum Gasteiger partial charge on any atom is -0.444 e. The van der Waals surface area contributed by atoms with Crippen LogP contribution in [0, 0.1) is 23.7 Å². The molecule has 0 unspecified atom stereocenters. The van der Waals surface area contributed by atoms with Crippen LogP contribution >= 0.6 is 0 Å². The minimum atomic E-state index is -1.24. The molecule has 0 heterocycles. The molecular weight excluding hydrogens is 564 g/mol. The summed E-state index contributed by atoms with van der Waals surface area (Å²) in [6.07, 6.45) is 4.88. The van der Waals surface area contributed by atoms with Gasteiger partial charge in [0, 0.05) is 6.42 Å². The molecule has 1 aliphatic carbocycles. The SMILES string of the molecule is CC[C@H](C)[C@H](NC(=O)OC(C)(C)C)C(=O)N[C@H](C(=O)N[C@@H](CC(C)C)[C@@H](O)CC(=O)NC(=O)CC1CCCCC1)[C@@H](C)CC. The van der Waals surface area contributed by atoms with Crippen molar-refractivity contribution in [1.29, 1.82) is 0 Å². The third kappa shape index (κ3) is 14.9. The number of aliphatic hydroxyl groups is 1. The number of alkyl carbamates (subject to hydrolysis) is 1. The molecule has 1 fully saturated rings. The maximum atomic E-state index is 13.6. The lowest BCUT2D eigenvalue weighted by molar-refractivity contribution is -0.134. The second-order valence-corrected chi connectivity index (χ2v) is 14.1. The molecule has 0 aromatic heterocycles. The summed E-state index contributed by atoms with van der Waals surface area (Å²) < 4.78 is 5.35. The quantitative estimate of drug-likeness (QED) is 0.170. The lowest BCUT2D eigenvalue weighted by atomic mass is 9.87. The van der Waals surface area contributed by atoms with Gasteiger partial charge in [0.15, 0.2) is 0 Å². The number of carbonyl (C=O) groups is 5. The Morgan fingerprint density at radius 3 is 1.82 bits per heavy atom. The summed E-state index contributed by atoms with van der Waals surface area (Å²) in [5.41, 5.74) is -0.744. The van der Waals surface area contributed by atoms with E-state index in [1.807, 2.05) is 41.5 Å². The molecule has 0 bridgehead atoms. The minimum absolute atomic E-state index is 0.0791. The van der Waals surface area contributed by atoms with E-state index >= 15 is 0 Å². The van der Waals surface area contributed by atoms with Gasteiger partial charge < -0.3 is 25.8 Å². The normalized spacial score (nSPS) is 18.2.